The zero-order valence-electron chi connectivity index (χ0n) is 11.2. The summed E-state index contributed by atoms with van der Waals surface area (Å²) in [6, 6.07) is 8.17. The van der Waals surface area contributed by atoms with Gasteiger partial charge in [0.25, 0.3) is 0 Å². The van der Waals surface area contributed by atoms with Crippen molar-refractivity contribution >= 4 is 17.7 Å². The molecule has 0 unspecified atom stereocenters. The smallest absolute Gasteiger partial charge is 0.232 e. The predicted octanol–water partition coefficient (Wildman–Crippen LogP) is 2.04. The summed E-state index contributed by atoms with van der Waals surface area (Å²) in [6.07, 6.45) is 0.972. The lowest BCUT2D eigenvalue weighted by atomic mass is 10.1. The Morgan fingerprint density at radius 1 is 1.39 bits per heavy atom. The quantitative estimate of drug-likeness (QED) is 0.768. The van der Waals surface area contributed by atoms with Crippen molar-refractivity contribution in [2.75, 3.05) is 25.1 Å². The summed E-state index contributed by atoms with van der Waals surface area (Å²) in [5, 5.41) is 0. The first-order valence-corrected chi connectivity index (χ1v) is 7.37. The van der Waals surface area contributed by atoms with Crippen LogP contribution in [0.15, 0.2) is 24.3 Å². The molecule has 18 heavy (non-hydrogen) atoms. The van der Waals surface area contributed by atoms with Crippen LogP contribution in [-0.2, 0) is 11.3 Å². The van der Waals surface area contributed by atoms with Gasteiger partial charge in [0.15, 0.2) is 0 Å². The third-order valence-corrected chi connectivity index (χ3v) is 3.84. The third-order valence-electron chi connectivity index (χ3n) is 2.81. The van der Waals surface area contributed by atoms with Crippen molar-refractivity contribution in [3.05, 3.63) is 35.4 Å². The maximum absolute atomic E-state index is 11.9. The fourth-order valence-corrected chi connectivity index (χ4v) is 2.50. The second-order valence-corrected chi connectivity index (χ2v) is 5.48. The molecule has 0 atom stereocenters. The fraction of sp³-hybridized carbons (Fsp3) is 0.500. The zero-order chi connectivity index (χ0) is 13.4. The van der Waals surface area contributed by atoms with Gasteiger partial charge in [0.1, 0.15) is 0 Å². The predicted molar refractivity (Wildman–Crippen MR) is 78.6 cm³/mol. The minimum Gasteiger partial charge on any atom is -0.341 e. The van der Waals surface area contributed by atoms with E-state index in [-0.39, 0.29) is 5.91 Å². The second kappa shape index (κ2) is 8.16. The van der Waals surface area contributed by atoms with E-state index < -0.39 is 0 Å². The van der Waals surface area contributed by atoms with Crippen LogP contribution >= 0.6 is 11.8 Å². The third kappa shape index (κ3) is 5.10. The Balaban J connectivity index is 2.38. The Morgan fingerprint density at radius 2 is 2.11 bits per heavy atom. The minimum absolute atomic E-state index is 0.181. The Hall–Kier alpha value is -1.000. The number of hydrogen-bond acceptors (Lipinski definition) is 3. The van der Waals surface area contributed by atoms with Gasteiger partial charge in [-0.1, -0.05) is 24.3 Å². The monoisotopic (exact) mass is 266 g/mol. The number of amides is 1. The van der Waals surface area contributed by atoms with Crippen molar-refractivity contribution in [3.63, 3.8) is 0 Å². The number of hydrogen-bond donors (Lipinski definition) is 1. The van der Waals surface area contributed by atoms with Gasteiger partial charge in [0, 0.05) is 13.6 Å². The molecule has 0 radical (unpaired) electrons. The number of benzene rings is 1. The molecule has 0 aliphatic rings. The van der Waals surface area contributed by atoms with E-state index >= 15 is 0 Å². The molecule has 0 saturated heterocycles. The van der Waals surface area contributed by atoms with E-state index in [1.54, 1.807) is 16.7 Å². The second-order valence-electron chi connectivity index (χ2n) is 4.37. The highest BCUT2D eigenvalue weighted by Gasteiger charge is 2.09. The van der Waals surface area contributed by atoms with Gasteiger partial charge in [-0.05, 0) is 36.8 Å². The van der Waals surface area contributed by atoms with Crippen molar-refractivity contribution in [1.29, 1.82) is 0 Å². The van der Waals surface area contributed by atoms with Crippen LogP contribution in [0.2, 0.25) is 0 Å². The summed E-state index contributed by atoms with van der Waals surface area (Å²) in [5.41, 5.74) is 7.85. The lowest BCUT2D eigenvalue weighted by Gasteiger charge is -2.18. The highest BCUT2D eigenvalue weighted by Crippen LogP contribution is 2.11. The van der Waals surface area contributed by atoms with Gasteiger partial charge in [-0.2, -0.15) is 11.8 Å². The molecule has 1 rings (SSSR count). The summed E-state index contributed by atoms with van der Waals surface area (Å²) >= 11 is 1.66. The summed E-state index contributed by atoms with van der Waals surface area (Å²) < 4.78 is 0. The first-order chi connectivity index (χ1) is 8.65. The van der Waals surface area contributed by atoms with Crippen LogP contribution in [-0.4, -0.2) is 35.9 Å². The van der Waals surface area contributed by atoms with E-state index in [2.05, 4.69) is 19.1 Å². The number of thioether (sulfide) groups is 1. The largest absolute Gasteiger partial charge is 0.341 e. The van der Waals surface area contributed by atoms with E-state index in [0.717, 1.165) is 12.2 Å². The number of nitrogens with two attached hydrogens (primary N) is 1. The molecule has 0 spiro atoms. The van der Waals surface area contributed by atoms with E-state index in [4.69, 9.17) is 5.73 Å². The van der Waals surface area contributed by atoms with Crippen LogP contribution in [0.3, 0.4) is 0 Å². The summed E-state index contributed by atoms with van der Waals surface area (Å²) in [5.74, 6) is 1.68. The molecule has 1 aromatic carbocycles. The van der Waals surface area contributed by atoms with Crippen molar-refractivity contribution in [2.45, 2.75) is 19.9 Å². The van der Waals surface area contributed by atoms with Crippen molar-refractivity contribution < 1.29 is 4.79 Å². The van der Waals surface area contributed by atoms with Crippen LogP contribution in [0.4, 0.5) is 0 Å². The number of aryl methyl sites for hydroxylation is 1. The van der Waals surface area contributed by atoms with Crippen LogP contribution in [0, 0.1) is 6.92 Å². The average Bonchev–Trinajstić information content (AvgIpc) is 2.37. The molecular weight excluding hydrogens is 244 g/mol. The van der Waals surface area contributed by atoms with Crippen LogP contribution in [0.5, 0.6) is 0 Å². The lowest BCUT2D eigenvalue weighted by Crippen LogP contribution is -2.28. The van der Waals surface area contributed by atoms with E-state index in [0.29, 0.717) is 18.8 Å². The van der Waals surface area contributed by atoms with Gasteiger partial charge in [0.05, 0.1) is 5.75 Å². The zero-order valence-corrected chi connectivity index (χ0v) is 12.0. The Bertz CT molecular complexity index is 382. The SMILES string of the molecule is Cc1ccccc1CN(C)C(=O)CSCCCN. The summed E-state index contributed by atoms with van der Waals surface area (Å²) in [4.78, 5) is 13.7. The van der Waals surface area contributed by atoms with Crippen molar-refractivity contribution in [1.82, 2.24) is 4.90 Å². The van der Waals surface area contributed by atoms with Gasteiger partial charge in [-0.25, -0.2) is 0 Å². The molecule has 2 N–H and O–H groups in total. The van der Waals surface area contributed by atoms with Gasteiger partial charge in [0.2, 0.25) is 5.91 Å². The standard InChI is InChI=1S/C14H22N2OS/c1-12-6-3-4-7-13(12)10-16(2)14(17)11-18-9-5-8-15/h3-4,6-7H,5,8-11,15H2,1-2H3. The highest BCUT2D eigenvalue weighted by molar-refractivity contribution is 7.99. The normalized spacial score (nSPS) is 10.4. The van der Waals surface area contributed by atoms with Gasteiger partial charge < -0.3 is 10.6 Å². The van der Waals surface area contributed by atoms with Gasteiger partial charge in [-0.15, -0.1) is 0 Å². The summed E-state index contributed by atoms with van der Waals surface area (Å²) in [6.45, 7) is 3.45. The molecule has 3 nitrogen and oxygen atoms in total. The molecule has 0 heterocycles. The molecule has 0 saturated carbocycles. The average molecular weight is 266 g/mol. The van der Waals surface area contributed by atoms with Gasteiger partial charge >= 0.3 is 0 Å². The molecule has 1 aromatic rings. The molecule has 100 valence electrons. The topological polar surface area (TPSA) is 46.3 Å². The summed E-state index contributed by atoms with van der Waals surface area (Å²) in [7, 11) is 1.86. The first-order valence-electron chi connectivity index (χ1n) is 6.21. The van der Waals surface area contributed by atoms with Gasteiger partial charge in [-0.3, -0.25) is 4.79 Å². The molecule has 4 heteroatoms. The number of carbonyl (C=O) groups is 1. The highest BCUT2D eigenvalue weighted by atomic mass is 32.2. The maximum atomic E-state index is 11.9. The molecular formula is C14H22N2OS. The van der Waals surface area contributed by atoms with Crippen molar-refractivity contribution in [3.8, 4) is 0 Å². The van der Waals surface area contributed by atoms with E-state index in [1.165, 1.54) is 11.1 Å². The Kier molecular flexibility index (Phi) is 6.83. The van der Waals surface area contributed by atoms with Crippen molar-refractivity contribution in [2.24, 2.45) is 5.73 Å². The molecule has 0 aliphatic heterocycles. The number of nitrogens with zero attached hydrogens (tertiary/aromatic N) is 1. The Morgan fingerprint density at radius 3 is 2.78 bits per heavy atom. The molecule has 0 aromatic heterocycles. The minimum atomic E-state index is 0.181. The molecule has 0 bridgehead atoms. The van der Waals surface area contributed by atoms with Crippen LogP contribution < -0.4 is 5.73 Å². The van der Waals surface area contributed by atoms with E-state index in [9.17, 15) is 4.79 Å². The molecule has 1 amide bonds. The fourth-order valence-electron chi connectivity index (χ4n) is 1.59. The van der Waals surface area contributed by atoms with Crippen LogP contribution in [0.1, 0.15) is 17.5 Å². The number of rotatable bonds is 7. The maximum Gasteiger partial charge on any atom is 0.232 e. The first kappa shape index (κ1) is 15.1. The molecule has 0 fully saturated rings. The Labute approximate surface area is 114 Å². The molecule has 0 aliphatic carbocycles. The lowest BCUT2D eigenvalue weighted by molar-refractivity contribution is -0.127. The number of carbonyl (C=O) groups excluding carboxylic acids is 1. The van der Waals surface area contributed by atoms with Crippen LogP contribution in [0.25, 0.3) is 0 Å². The van der Waals surface area contributed by atoms with E-state index in [1.807, 2.05) is 19.2 Å².